The smallest absolute Gasteiger partial charge is 0.147 e. The van der Waals surface area contributed by atoms with Gasteiger partial charge in [0, 0.05) is 31.5 Å². The van der Waals surface area contributed by atoms with E-state index in [-0.39, 0.29) is 11.7 Å². The lowest BCUT2D eigenvalue weighted by Crippen LogP contribution is -2.26. The number of rotatable bonds is 9. The molecule has 0 aliphatic carbocycles. The molecule has 1 unspecified atom stereocenters. The maximum absolute atomic E-state index is 11.3. The largest absolute Gasteiger partial charge is 0.383 e. The van der Waals surface area contributed by atoms with E-state index in [1.807, 2.05) is 24.3 Å². The van der Waals surface area contributed by atoms with Crippen molar-refractivity contribution in [1.82, 2.24) is 5.32 Å². The zero-order valence-corrected chi connectivity index (χ0v) is 13.5. The Labute approximate surface area is 126 Å². The maximum Gasteiger partial charge on any atom is 0.147 e. The first-order chi connectivity index (χ1) is 9.42. The molecule has 0 aromatic heterocycles. The van der Waals surface area contributed by atoms with Crippen molar-refractivity contribution in [2.45, 2.75) is 12.3 Å². The summed E-state index contributed by atoms with van der Waals surface area (Å²) in [6.45, 7) is 2.11. The van der Waals surface area contributed by atoms with Crippen LogP contribution in [0.2, 0.25) is 5.02 Å². The molecule has 114 valence electrons. The Kier molecular flexibility index (Phi) is 7.51. The van der Waals surface area contributed by atoms with Crippen molar-refractivity contribution in [3.63, 3.8) is 0 Å². The van der Waals surface area contributed by atoms with Crippen LogP contribution in [0.15, 0.2) is 24.3 Å². The van der Waals surface area contributed by atoms with Crippen LogP contribution in [-0.2, 0) is 14.6 Å². The fourth-order valence-electron chi connectivity index (χ4n) is 1.93. The average Bonchev–Trinajstić information content (AvgIpc) is 2.38. The fraction of sp³-hybridized carbons (Fsp3) is 0.571. The first kappa shape index (κ1) is 17.4. The normalized spacial score (nSPS) is 13.3. The van der Waals surface area contributed by atoms with E-state index < -0.39 is 9.84 Å². The van der Waals surface area contributed by atoms with Crippen LogP contribution in [0.25, 0.3) is 0 Å². The van der Waals surface area contributed by atoms with Crippen LogP contribution in [-0.4, -0.2) is 47.2 Å². The van der Waals surface area contributed by atoms with Crippen LogP contribution in [0.4, 0.5) is 0 Å². The molecule has 0 aliphatic heterocycles. The third-order valence-corrected chi connectivity index (χ3v) is 4.28. The van der Waals surface area contributed by atoms with Crippen LogP contribution in [0.3, 0.4) is 0 Å². The van der Waals surface area contributed by atoms with Gasteiger partial charge in [-0.25, -0.2) is 8.42 Å². The molecule has 0 heterocycles. The summed E-state index contributed by atoms with van der Waals surface area (Å²) < 4.78 is 27.7. The lowest BCUT2D eigenvalue weighted by atomic mass is 9.96. The molecule has 0 radical (unpaired) electrons. The number of sulfone groups is 1. The minimum Gasteiger partial charge on any atom is -0.383 e. The molecule has 0 bridgehead atoms. The monoisotopic (exact) mass is 319 g/mol. The van der Waals surface area contributed by atoms with Crippen molar-refractivity contribution in [3.05, 3.63) is 34.9 Å². The first-order valence-electron chi connectivity index (χ1n) is 6.55. The fourth-order valence-corrected chi connectivity index (χ4v) is 2.77. The zero-order valence-electron chi connectivity index (χ0n) is 11.9. The Morgan fingerprint density at radius 2 is 1.95 bits per heavy atom. The van der Waals surface area contributed by atoms with E-state index in [0.717, 1.165) is 18.7 Å². The summed E-state index contributed by atoms with van der Waals surface area (Å²) >= 11 is 5.88. The Bertz CT molecular complexity index is 488. The highest BCUT2D eigenvalue weighted by Gasteiger charge is 2.14. The molecule has 0 amide bonds. The number of halogens is 1. The molecule has 0 spiro atoms. The van der Waals surface area contributed by atoms with E-state index in [9.17, 15) is 8.42 Å². The van der Waals surface area contributed by atoms with Gasteiger partial charge in [0.05, 0.1) is 12.4 Å². The van der Waals surface area contributed by atoms with E-state index in [2.05, 4.69) is 5.32 Å². The van der Waals surface area contributed by atoms with Crippen LogP contribution in [0.5, 0.6) is 0 Å². The molecule has 0 saturated carbocycles. The average molecular weight is 320 g/mol. The van der Waals surface area contributed by atoms with Gasteiger partial charge in [-0.1, -0.05) is 23.7 Å². The maximum atomic E-state index is 11.3. The van der Waals surface area contributed by atoms with Crippen LogP contribution in [0.1, 0.15) is 17.9 Å². The molecule has 0 aliphatic rings. The molecular formula is C14H22ClNO3S. The van der Waals surface area contributed by atoms with E-state index >= 15 is 0 Å². The van der Waals surface area contributed by atoms with Crippen molar-refractivity contribution >= 4 is 21.4 Å². The lowest BCUT2D eigenvalue weighted by Gasteiger charge is -2.18. The minimum atomic E-state index is -2.95. The number of ether oxygens (including phenoxy) is 1. The molecule has 20 heavy (non-hydrogen) atoms. The van der Waals surface area contributed by atoms with Gasteiger partial charge in [0.15, 0.2) is 0 Å². The second-order valence-corrected chi connectivity index (χ2v) is 7.56. The molecule has 4 nitrogen and oxygen atoms in total. The molecule has 0 fully saturated rings. The lowest BCUT2D eigenvalue weighted by molar-refractivity contribution is 0.199. The second-order valence-electron chi connectivity index (χ2n) is 4.86. The second kappa shape index (κ2) is 8.62. The predicted octanol–water partition coefficient (Wildman–Crippen LogP) is 2.09. The van der Waals surface area contributed by atoms with E-state index in [1.165, 1.54) is 6.26 Å². The Morgan fingerprint density at radius 3 is 2.50 bits per heavy atom. The molecule has 1 aromatic carbocycles. The van der Waals surface area contributed by atoms with Gasteiger partial charge in [0.1, 0.15) is 9.84 Å². The Balaban J connectivity index is 2.65. The third-order valence-electron chi connectivity index (χ3n) is 3.05. The molecule has 6 heteroatoms. The highest BCUT2D eigenvalue weighted by Crippen LogP contribution is 2.21. The van der Waals surface area contributed by atoms with Gasteiger partial charge in [-0.2, -0.15) is 0 Å². The minimum absolute atomic E-state index is 0.152. The number of nitrogens with one attached hydrogen (secondary N) is 1. The van der Waals surface area contributed by atoms with Gasteiger partial charge in [-0.15, -0.1) is 0 Å². The van der Waals surface area contributed by atoms with Crippen molar-refractivity contribution in [2.24, 2.45) is 0 Å². The summed E-state index contributed by atoms with van der Waals surface area (Å²) in [6, 6.07) is 7.57. The Morgan fingerprint density at radius 1 is 1.30 bits per heavy atom. The predicted molar refractivity (Wildman–Crippen MR) is 83.3 cm³/mol. The topological polar surface area (TPSA) is 55.4 Å². The number of hydrogen-bond donors (Lipinski definition) is 1. The molecule has 1 N–H and O–H groups in total. The standard InChI is InChI=1S/C14H22ClNO3S/c1-19-9-8-16-11-13(7-10-20(2,17)18)12-3-5-14(15)6-4-12/h3-6,13,16H,7-11H2,1-2H3. The molecule has 1 atom stereocenters. The van der Waals surface area contributed by atoms with Crippen molar-refractivity contribution in [2.75, 3.05) is 38.8 Å². The van der Waals surface area contributed by atoms with Gasteiger partial charge in [0.2, 0.25) is 0 Å². The molecule has 1 aromatic rings. The Hall–Kier alpha value is -0.620. The van der Waals surface area contributed by atoms with Gasteiger partial charge in [-0.05, 0) is 30.0 Å². The summed E-state index contributed by atoms with van der Waals surface area (Å²) in [5.41, 5.74) is 1.10. The van der Waals surface area contributed by atoms with Crippen molar-refractivity contribution < 1.29 is 13.2 Å². The summed E-state index contributed by atoms with van der Waals surface area (Å²) in [5.74, 6) is 0.338. The van der Waals surface area contributed by atoms with Crippen LogP contribution < -0.4 is 5.32 Å². The molecule has 1 rings (SSSR count). The van der Waals surface area contributed by atoms with Crippen molar-refractivity contribution in [3.8, 4) is 0 Å². The van der Waals surface area contributed by atoms with Gasteiger partial charge >= 0.3 is 0 Å². The summed E-state index contributed by atoms with van der Waals surface area (Å²) in [5, 5.41) is 3.97. The van der Waals surface area contributed by atoms with Crippen LogP contribution >= 0.6 is 11.6 Å². The van der Waals surface area contributed by atoms with Gasteiger partial charge < -0.3 is 10.1 Å². The number of benzene rings is 1. The highest BCUT2D eigenvalue weighted by atomic mass is 35.5. The van der Waals surface area contributed by atoms with E-state index in [0.29, 0.717) is 18.1 Å². The first-order valence-corrected chi connectivity index (χ1v) is 8.99. The van der Waals surface area contributed by atoms with Crippen molar-refractivity contribution in [1.29, 1.82) is 0 Å². The number of hydrogen-bond acceptors (Lipinski definition) is 4. The quantitative estimate of drug-likeness (QED) is 0.708. The number of methoxy groups -OCH3 is 1. The van der Waals surface area contributed by atoms with E-state index in [1.54, 1.807) is 7.11 Å². The molecular weight excluding hydrogens is 298 g/mol. The van der Waals surface area contributed by atoms with Crippen LogP contribution in [0, 0.1) is 0 Å². The van der Waals surface area contributed by atoms with Gasteiger partial charge in [-0.3, -0.25) is 0 Å². The third kappa shape index (κ3) is 7.24. The summed E-state index contributed by atoms with van der Waals surface area (Å²) in [4.78, 5) is 0. The summed E-state index contributed by atoms with van der Waals surface area (Å²) in [7, 11) is -1.29. The SMILES string of the molecule is COCCNCC(CCS(C)(=O)=O)c1ccc(Cl)cc1. The highest BCUT2D eigenvalue weighted by molar-refractivity contribution is 7.90. The van der Waals surface area contributed by atoms with Gasteiger partial charge in [0.25, 0.3) is 0 Å². The molecule has 0 saturated heterocycles. The van der Waals surface area contributed by atoms with E-state index in [4.69, 9.17) is 16.3 Å². The zero-order chi connectivity index (χ0) is 15.0. The summed E-state index contributed by atoms with van der Waals surface area (Å²) in [6.07, 6.45) is 1.87.